The molecule has 1 aliphatic heterocycles. The summed E-state index contributed by atoms with van der Waals surface area (Å²) in [5, 5.41) is 2.15. The van der Waals surface area contributed by atoms with Gasteiger partial charge in [0.15, 0.2) is 11.3 Å². The summed E-state index contributed by atoms with van der Waals surface area (Å²) in [5.74, 6) is 0. The molecule has 4 heterocycles. The topological polar surface area (TPSA) is 46.8 Å². The van der Waals surface area contributed by atoms with Crippen molar-refractivity contribution in [2.75, 3.05) is 13.1 Å². The van der Waals surface area contributed by atoms with Crippen LogP contribution in [0.5, 0.6) is 0 Å². The first-order valence-corrected chi connectivity index (χ1v) is 8.16. The summed E-state index contributed by atoms with van der Waals surface area (Å²) in [5.41, 5.74) is 1.66. The Balaban J connectivity index is 1.45. The molecule has 0 amide bonds. The highest BCUT2D eigenvalue weighted by Crippen LogP contribution is 2.26. The Morgan fingerprint density at radius 1 is 1.14 bits per heavy atom. The number of likely N-dealkylation sites (tertiary alicyclic amines) is 1. The summed E-state index contributed by atoms with van der Waals surface area (Å²) >= 11 is 1.84. The van der Waals surface area contributed by atoms with Gasteiger partial charge < -0.3 is 4.57 Å². The molecular formula is C15H17N5S. The first-order valence-electron chi connectivity index (χ1n) is 7.28. The van der Waals surface area contributed by atoms with Crippen molar-refractivity contribution in [3.63, 3.8) is 0 Å². The molecule has 0 aromatic carbocycles. The summed E-state index contributed by atoms with van der Waals surface area (Å²) in [6.45, 7) is 3.33. The highest BCUT2D eigenvalue weighted by atomic mass is 32.1. The van der Waals surface area contributed by atoms with E-state index in [0.29, 0.717) is 6.04 Å². The van der Waals surface area contributed by atoms with Gasteiger partial charge in [-0.15, -0.1) is 11.3 Å². The van der Waals surface area contributed by atoms with E-state index in [9.17, 15) is 0 Å². The zero-order chi connectivity index (χ0) is 14.1. The van der Waals surface area contributed by atoms with Crippen LogP contribution in [0.15, 0.2) is 36.2 Å². The van der Waals surface area contributed by atoms with Gasteiger partial charge in [0.05, 0.1) is 6.33 Å². The molecule has 4 rings (SSSR count). The minimum atomic E-state index is 0.492. The van der Waals surface area contributed by atoms with E-state index in [0.717, 1.165) is 43.8 Å². The van der Waals surface area contributed by atoms with Gasteiger partial charge in [-0.05, 0) is 24.3 Å². The molecule has 0 spiro atoms. The highest BCUT2D eigenvalue weighted by Gasteiger charge is 2.22. The van der Waals surface area contributed by atoms with Gasteiger partial charge >= 0.3 is 0 Å². The monoisotopic (exact) mass is 299 g/mol. The minimum Gasteiger partial charge on any atom is -0.311 e. The molecule has 5 nitrogen and oxygen atoms in total. The fourth-order valence-corrected chi connectivity index (χ4v) is 3.76. The van der Waals surface area contributed by atoms with Crippen molar-refractivity contribution < 1.29 is 0 Å². The number of rotatable bonds is 3. The fraction of sp³-hybridized carbons (Fsp3) is 0.400. The summed E-state index contributed by atoms with van der Waals surface area (Å²) in [6, 6.07) is 4.84. The molecule has 0 unspecified atom stereocenters. The first kappa shape index (κ1) is 12.9. The molecule has 0 bridgehead atoms. The maximum atomic E-state index is 4.42. The van der Waals surface area contributed by atoms with E-state index in [1.165, 1.54) is 4.88 Å². The van der Waals surface area contributed by atoms with E-state index < -0.39 is 0 Å². The molecule has 0 atom stereocenters. The number of piperidine rings is 1. The fourth-order valence-electron chi connectivity index (χ4n) is 3.01. The average molecular weight is 299 g/mol. The summed E-state index contributed by atoms with van der Waals surface area (Å²) in [6.07, 6.45) is 7.63. The maximum Gasteiger partial charge on any atom is 0.197 e. The van der Waals surface area contributed by atoms with E-state index in [4.69, 9.17) is 0 Å². The molecule has 0 radical (unpaired) electrons. The van der Waals surface area contributed by atoms with Crippen LogP contribution in [0.2, 0.25) is 0 Å². The molecule has 1 saturated heterocycles. The van der Waals surface area contributed by atoms with Gasteiger partial charge in [-0.2, -0.15) is 0 Å². The van der Waals surface area contributed by atoms with Crippen LogP contribution in [0.3, 0.4) is 0 Å². The molecule has 3 aromatic heterocycles. The molecule has 6 heteroatoms. The number of fused-ring (bicyclic) bond motifs is 1. The van der Waals surface area contributed by atoms with Crippen LogP contribution >= 0.6 is 11.3 Å². The van der Waals surface area contributed by atoms with E-state index in [-0.39, 0.29) is 0 Å². The third-order valence-corrected chi connectivity index (χ3v) is 4.98. The van der Waals surface area contributed by atoms with E-state index in [1.807, 2.05) is 17.7 Å². The highest BCUT2D eigenvalue weighted by molar-refractivity contribution is 7.09. The predicted octanol–water partition coefficient (Wildman–Crippen LogP) is 2.72. The Morgan fingerprint density at radius 2 is 2.00 bits per heavy atom. The van der Waals surface area contributed by atoms with Gasteiger partial charge in [0.2, 0.25) is 0 Å². The zero-order valence-electron chi connectivity index (χ0n) is 11.7. The summed E-state index contributed by atoms with van der Waals surface area (Å²) < 4.78 is 2.20. The molecule has 108 valence electrons. The average Bonchev–Trinajstić information content (AvgIpc) is 3.17. The lowest BCUT2D eigenvalue weighted by Crippen LogP contribution is -2.33. The van der Waals surface area contributed by atoms with Crippen LogP contribution in [0.1, 0.15) is 23.8 Å². The Labute approximate surface area is 127 Å². The third kappa shape index (κ3) is 2.56. The normalized spacial score (nSPS) is 17.5. The number of hydrogen-bond donors (Lipinski definition) is 0. The third-order valence-electron chi connectivity index (χ3n) is 4.12. The molecule has 1 fully saturated rings. The SMILES string of the molecule is c1csc(CN2CCC(n3cnc4nccnc43)CC2)c1. The molecule has 0 saturated carbocycles. The van der Waals surface area contributed by atoms with Crippen molar-refractivity contribution in [1.29, 1.82) is 0 Å². The quantitative estimate of drug-likeness (QED) is 0.746. The number of imidazole rings is 1. The van der Waals surface area contributed by atoms with E-state index in [2.05, 4.69) is 41.9 Å². The first-order chi connectivity index (χ1) is 10.4. The van der Waals surface area contributed by atoms with Crippen LogP contribution in [0.25, 0.3) is 11.3 Å². The smallest absolute Gasteiger partial charge is 0.197 e. The van der Waals surface area contributed by atoms with Gasteiger partial charge in [-0.3, -0.25) is 4.90 Å². The summed E-state index contributed by atoms with van der Waals surface area (Å²) in [4.78, 5) is 17.0. The van der Waals surface area contributed by atoms with Crippen LogP contribution in [0, 0.1) is 0 Å². The van der Waals surface area contributed by atoms with Crippen molar-refractivity contribution >= 4 is 22.6 Å². The Kier molecular flexibility index (Phi) is 3.40. The molecule has 0 aliphatic carbocycles. The van der Waals surface area contributed by atoms with Gasteiger partial charge in [-0.25, -0.2) is 15.0 Å². The Morgan fingerprint density at radius 3 is 2.81 bits per heavy atom. The second-order valence-corrected chi connectivity index (χ2v) is 6.47. The standard InChI is InChI=1S/C15H17N5S/c1-2-13(21-9-1)10-19-7-3-12(4-8-19)20-11-18-14-15(20)17-6-5-16-14/h1-2,5-6,9,11-12H,3-4,7-8,10H2. The molecule has 21 heavy (non-hydrogen) atoms. The van der Waals surface area contributed by atoms with Crippen LogP contribution in [0.4, 0.5) is 0 Å². The lowest BCUT2D eigenvalue weighted by Gasteiger charge is -2.32. The second kappa shape index (κ2) is 5.54. The molecule has 1 aliphatic rings. The van der Waals surface area contributed by atoms with E-state index >= 15 is 0 Å². The Hall–Kier alpha value is -1.79. The number of hydrogen-bond acceptors (Lipinski definition) is 5. The lowest BCUT2D eigenvalue weighted by atomic mass is 10.0. The lowest BCUT2D eigenvalue weighted by molar-refractivity contribution is 0.182. The van der Waals surface area contributed by atoms with Crippen molar-refractivity contribution in [3.8, 4) is 0 Å². The van der Waals surface area contributed by atoms with Gasteiger partial charge in [0.25, 0.3) is 0 Å². The van der Waals surface area contributed by atoms with E-state index in [1.54, 1.807) is 12.4 Å². The number of thiophene rings is 1. The zero-order valence-corrected chi connectivity index (χ0v) is 12.5. The largest absolute Gasteiger partial charge is 0.311 e. The van der Waals surface area contributed by atoms with Crippen LogP contribution in [-0.4, -0.2) is 37.5 Å². The van der Waals surface area contributed by atoms with Crippen molar-refractivity contribution in [2.45, 2.75) is 25.4 Å². The van der Waals surface area contributed by atoms with Crippen LogP contribution < -0.4 is 0 Å². The molecule has 3 aromatic rings. The minimum absolute atomic E-state index is 0.492. The van der Waals surface area contributed by atoms with Crippen LogP contribution in [-0.2, 0) is 6.54 Å². The van der Waals surface area contributed by atoms with Gasteiger partial charge in [0.1, 0.15) is 0 Å². The second-order valence-electron chi connectivity index (χ2n) is 5.44. The van der Waals surface area contributed by atoms with Gasteiger partial charge in [0, 0.05) is 42.9 Å². The summed E-state index contributed by atoms with van der Waals surface area (Å²) in [7, 11) is 0. The number of aromatic nitrogens is 4. The van der Waals surface area contributed by atoms with Crippen molar-refractivity contribution in [2.24, 2.45) is 0 Å². The Bertz CT molecular complexity index is 713. The van der Waals surface area contributed by atoms with Crippen molar-refractivity contribution in [1.82, 2.24) is 24.4 Å². The number of nitrogens with zero attached hydrogens (tertiary/aromatic N) is 5. The van der Waals surface area contributed by atoms with Crippen molar-refractivity contribution in [3.05, 3.63) is 41.1 Å². The molecule has 0 N–H and O–H groups in total. The predicted molar refractivity (Wildman–Crippen MR) is 83.2 cm³/mol. The maximum absolute atomic E-state index is 4.42. The molecular weight excluding hydrogens is 282 g/mol. The van der Waals surface area contributed by atoms with Gasteiger partial charge in [-0.1, -0.05) is 6.07 Å².